The first-order valence-electron chi connectivity index (χ1n) is 15.8. The van der Waals surface area contributed by atoms with Gasteiger partial charge < -0.3 is 61.6 Å². The van der Waals surface area contributed by atoms with E-state index >= 15 is 0 Å². The maximum absolute atomic E-state index is 13.5. The summed E-state index contributed by atoms with van der Waals surface area (Å²) in [6.45, 7) is 3.86. The van der Waals surface area contributed by atoms with Crippen LogP contribution in [0.3, 0.4) is 0 Å². The van der Waals surface area contributed by atoms with Gasteiger partial charge in [0.25, 0.3) is 0 Å². The number of oxime groups is 3. The molecule has 0 saturated carbocycles. The van der Waals surface area contributed by atoms with Crippen LogP contribution in [0.5, 0.6) is 11.5 Å². The number of hydrogen-bond acceptors (Lipinski definition) is 13. The Morgan fingerprint density at radius 1 is 0.788 bits per heavy atom. The van der Waals surface area contributed by atoms with Crippen molar-refractivity contribution in [1.82, 2.24) is 0 Å². The number of nitrogens with two attached hydrogens (primary N) is 3. The van der Waals surface area contributed by atoms with Gasteiger partial charge in [-0.2, -0.15) is 0 Å². The van der Waals surface area contributed by atoms with E-state index in [2.05, 4.69) is 15.5 Å². The Morgan fingerprint density at radius 2 is 1.35 bits per heavy atom. The van der Waals surface area contributed by atoms with Crippen LogP contribution in [0, 0.1) is 5.82 Å². The molecule has 0 radical (unpaired) electrons. The lowest BCUT2D eigenvalue weighted by atomic mass is 10.1. The predicted octanol–water partition coefficient (Wildman–Crippen LogP) is 3.49. The summed E-state index contributed by atoms with van der Waals surface area (Å²) in [5.74, 6) is -1.31. The highest BCUT2D eigenvalue weighted by Gasteiger charge is 2.18. The third-order valence-electron chi connectivity index (χ3n) is 6.65. The van der Waals surface area contributed by atoms with Crippen LogP contribution < -0.4 is 26.7 Å². The Morgan fingerprint density at radius 3 is 1.92 bits per heavy atom. The molecule has 3 aromatic carbocycles. The monoisotopic (exact) mass is 730 g/mol. The molecule has 10 N–H and O–H groups in total. The summed E-state index contributed by atoms with van der Waals surface area (Å²) in [7, 11) is 0. The van der Waals surface area contributed by atoms with Crippen molar-refractivity contribution in [3.63, 3.8) is 0 Å². The Bertz CT molecular complexity index is 1670. The van der Waals surface area contributed by atoms with E-state index in [1.54, 1.807) is 43.3 Å². The van der Waals surface area contributed by atoms with E-state index in [4.69, 9.17) is 61.6 Å². The first-order valence-corrected chi connectivity index (χ1v) is 15.8. The van der Waals surface area contributed by atoms with Gasteiger partial charge in [-0.25, -0.2) is 4.39 Å². The van der Waals surface area contributed by atoms with Crippen LogP contribution in [0.15, 0.2) is 82.2 Å². The van der Waals surface area contributed by atoms with Crippen LogP contribution >= 0.6 is 0 Å². The Labute approximate surface area is 298 Å². The zero-order valence-corrected chi connectivity index (χ0v) is 28.4. The van der Waals surface area contributed by atoms with Crippen LogP contribution in [-0.2, 0) is 23.8 Å². The van der Waals surface area contributed by atoms with E-state index in [0.717, 1.165) is 11.6 Å². The molecule has 17 nitrogen and oxygen atoms in total. The van der Waals surface area contributed by atoms with Gasteiger partial charge in [0.1, 0.15) is 5.75 Å². The molecule has 1 heterocycles. The van der Waals surface area contributed by atoms with E-state index in [0.29, 0.717) is 56.1 Å². The number of hydrogen-bond donors (Lipinski definition) is 7. The zero-order valence-electron chi connectivity index (χ0n) is 28.4. The van der Waals surface area contributed by atoms with E-state index < -0.39 is 11.8 Å². The fourth-order valence-corrected chi connectivity index (χ4v) is 4.14. The zero-order chi connectivity index (χ0) is 38.3. The lowest BCUT2D eigenvalue weighted by Crippen LogP contribution is -2.13. The second-order valence-corrected chi connectivity index (χ2v) is 10.4. The van der Waals surface area contributed by atoms with Gasteiger partial charge in [-0.15, -0.1) is 0 Å². The number of carboxylic acid groups (broad SMARTS) is 1. The number of esters is 1. The van der Waals surface area contributed by atoms with Crippen LogP contribution in [0.2, 0.25) is 0 Å². The van der Waals surface area contributed by atoms with Crippen LogP contribution in [0.25, 0.3) is 0 Å². The van der Waals surface area contributed by atoms with Gasteiger partial charge in [0, 0.05) is 35.1 Å². The highest BCUT2D eigenvalue weighted by atomic mass is 19.1. The number of aliphatic carboxylic acids is 1. The number of nitrogens with zero attached hydrogens (tertiary/aromatic N) is 3. The molecule has 0 aliphatic carbocycles. The average molecular weight is 731 g/mol. The number of carbonyl (C=O) groups is 2. The molecule has 0 atom stereocenters. The molecule has 0 spiro atoms. The third kappa shape index (κ3) is 15.2. The van der Waals surface area contributed by atoms with Crippen molar-refractivity contribution in [3.05, 3.63) is 94.8 Å². The number of halogens is 1. The quantitative estimate of drug-likeness (QED) is 0.0295. The normalized spacial score (nSPS) is 13.2. The van der Waals surface area contributed by atoms with E-state index in [1.807, 2.05) is 12.1 Å². The van der Waals surface area contributed by atoms with Crippen LogP contribution in [0.1, 0.15) is 61.2 Å². The topological polar surface area (TPSA) is 276 Å². The summed E-state index contributed by atoms with van der Waals surface area (Å²) in [5.41, 5.74) is 18.6. The SMILES string of the molecule is CCOC(=O)CCCOc1cccc(C(N)=NO)c1.NC(=NO)c1ccc(OCCCC(=O)O)c(F)c1.NC(=NO)c1cccc(C2OCCO2)c1. The van der Waals surface area contributed by atoms with Crippen molar-refractivity contribution in [3.8, 4) is 11.5 Å². The van der Waals surface area contributed by atoms with Gasteiger partial charge in [0.2, 0.25) is 0 Å². The molecule has 18 heteroatoms. The maximum atomic E-state index is 13.5. The number of benzene rings is 3. The minimum Gasteiger partial charge on any atom is -0.494 e. The molecule has 1 saturated heterocycles. The highest BCUT2D eigenvalue weighted by Crippen LogP contribution is 2.24. The Balaban J connectivity index is 0.000000272. The highest BCUT2D eigenvalue weighted by molar-refractivity contribution is 5.98. The molecule has 4 rings (SSSR count). The van der Waals surface area contributed by atoms with E-state index in [1.165, 1.54) is 12.1 Å². The van der Waals surface area contributed by atoms with Crippen molar-refractivity contribution < 1.29 is 58.4 Å². The van der Waals surface area contributed by atoms with Crippen molar-refractivity contribution >= 4 is 29.4 Å². The molecule has 0 unspecified atom stereocenters. The third-order valence-corrected chi connectivity index (χ3v) is 6.65. The van der Waals surface area contributed by atoms with Crippen molar-refractivity contribution in [2.24, 2.45) is 32.7 Å². The molecule has 1 fully saturated rings. The second-order valence-electron chi connectivity index (χ2n) is 10.4. The molecular formula is C34H43FN6O11. The predicted molar refractivity (Wildman–Crippen MR) is 185 cm³/mol. The number of carboxylic acids is 1. The number of ether oxygens (including phenoxy) is 5. The van der Waals surface area contributed by atoms with Gasteiger partial charge >= 0.3 is 11.9 Å². The minimum atomic E-state index is -0.929. The number of amidine groups is 3. The lowest BCUT2D eigenvalue weighted by Gasteiger charge is -2.10. The molecule has 0 bridgehead atoms. The number of carbonyl (C=O) groups excluding carboxylic acids is 1. The fourth-order valence-electron chi connectivity index (χ4n) is 4.14. The first kappa shape index (κ1) is 42.0. The van der Waals surface area contributed by atoms with Crippen molar-refractivity contribution in [1.29, 1.82) is 0 Å². The van der Waals surface area contributed by atoms with Crippen molar-refractivity contribution in [2.75, 3.05) is 33.0 Å². The van der Waals surface area contributed by atoms with Crippen LogP contribution in [-0.4, -0.2) is 83.2 Å². The molecule has 0 aromatic heterocycles. The number of rotatable bonds is 15. The summed E-state index contributed by atoms with van der Waals surface area (Å²) < 4.78 is 39.5. The van der Waals surface area contributed by atoms with Gasteiger partial charge in [-0.3, -0.25) is 9.59 Å². The largest absolute Gasteiger partial charge is 0.494 e. The van der Waals surface area contributed by atoms with Crippen LogP contribution in [0.4, 0.5) is 4.39 Å². The van der Waals surface area contributed by atoms with Gasteiger partial charge in [0.05, 0.1) is 33.0 Å². The van der Waals surface area contributed by atoms with Crippen molar-refractivity contribution in [2.45, 2.75) is 38.9 Å². The minimum absolute atomic E-state index is 0.00474. The standard InChI is InChI=1S/C13H18N2O4.C11H13FN2O4.C10H12N2O3/c1-2-18-12(16)7-4-8-19-11-6-3-5-10(9-11)13(14)15-17;12-8-6-7(11(13)14-17)3-4-9(8)18-5-1-2-10(15)16;11-9(12-13)7-2-1-3-8(6-7)10-14-4-5-15-10/h3,5-6,9,17H,2,4,7-8H2,1H3,(H2,14,15);3-4,6,17H,1-2,5H2,(H2,13,14)(H,15,16);1-3,6,10,13H,4-5H2,(H2,11,12). The smallest absolute Gasteiger partial charge is 0.305 e. The first-order chi connectivity index (χ1) is 25.0. The molecule has 1 aliphatic heterocycles. The van der Waals surface area contributed by atoms with Gasteiger partial charge in [-0.1, -0.05) is 45.8 Å². The van der Waals surface area contributed by atoms with E-state index in [9.17, 15) is 14.0 Å². The van der Waals surface area contributed by atoms with E-state index in [-0.39, 0.29) is 60.5 Å². The van der Waals surface area contributed by atoms with Gasteiger partial charge in [-0.05, 0) is 56.2 Å². The lowest BCUT2D eigenvalue weighted by molar-refractivity contribution is -0.143. The summed E-state index contributed by atoms with van der Waals surface area (Å²) in [6.07, 6.45) is 0.817. The second kappa shape index (κ2) is 23.3. The molecule has 3 aromatic rings. The average Bonchev–Trinajstić information content (AvgIpc) is 3.71. The fraction of sp³-hybridized carbons (Fsp3) is 0.324. The molecule has 1 aliphatic rings. The summed E-state index contributed by atoms with van der Waals surface area (Å²) in [6, 6.07) is 18.0. The molecule has 282 valence electrons. The molecular weight excluding hydrogens is 687 g/mol. The summed E-state index contributed by atoms with van der Waals surface area (Å²) in [5, 5.41) is 42.6. The maximum Gasteiger partial charge on any atom is 0.305 e. The Hall–Kier alpha value is -6.14. The summed E-state index contributed by atoms with van der Waals surface area (Å²) in [4.78, 5) is 21.3. The molecule has 0 amide bonds. The Kier molecular flexibility index (Phi) is 18.8. The van der Waals surface area contributed by atoms with Gasteiger partial charge in [0.15, 0.2) is 35.4 Å². The summed E-state index contributed by atoms with van der Waals surface area (Å²) >= 11 is 0. The molecule has 52 heavy (non-hydrogen) atoms.